The van der Waals surface area contributed by atoms with Gasteiger partial charge in [-0.25, -0.2) is 4.98 Å². The van der Waals surface area contributed by atoms with E-state index in [-0.39, 0.29) is 12.0 Å². The Hall–Kier alpha value is -3.65. The SMILES string of the molecule is Cc1cc(Nc2ccccn2)cc([C@@H]2CN(C(=O)c3ccc4c(c3)OCCO4)CCO2)n1. The Balaban J connectivity index is 1.33. The number of nitrogens with one attached hydrogen (secondary N) is 1. The minimum atomic E-state index is -0.311. The smallest absolute Gasteiger partial charge is 0.254 e. The number of aryl methyl sites for hydroxylation is 1. The maximum atomic E-state index is 13.2. The molecule has 4 heterocycles. The number of hydrogen-bond donors (Lipinski definition) is 1. The molecule has 3 aromatic rings. The quantitative estimate of drug-likeness (QED) is 0.675. The molecule has 1 saturated heterocycles. The van der Waals surface area contributed by atoms with E-state index in [2.05, 4.69) is 15.3 Å². The first-order valence-electron chi connectivity index (χ1n) is 10.6. The van der Waals surface area contributed by atoms with Crippen LogP contribution in [0.4, 0.5) is 11.5 Å². The monoisotopic (exact) mass is 432 g/mol. The fourth-order valence-electron chi connectivity index (χ4n) is 3.89. The number of benzene rings is 1. The van der Waals surface area contributed by atoms with Crippen LogP contribution in [0.3, 0.4) is 0 Å². The van der Waals surface area contributed by atoms with Crippen LogP contribution in [0.25, 0.3) is 0 Å². The summed E-state index contributed by atoms with van der Waals surface area (Å²) in [4.78, 5) is 23.9. The molecule has 1 fully saturated rings. The molecule has 1 aromatic carbocycles. The number of ether oxygens (including phenoxy) is 3. The maximum Gasteiger partial charge on any atom is 0.254 e. The standard InChI is InChI=1S/C24H24N4O4/c1-16-12-18(27-23-4-2-3-7-25-23)14-19(26-16)22-15-28(8-9-30-22)24(29)17-5-6-20-21(13-17)32-11-10-31-20/h2-7,12-14,22H,8-11,15H2,1H3,(H,25,26,27)/t22-/m0/s1. The topological polar surface area (TPSA) is 85.8 Å². The van der Waals surface area contributed by atoms with Crippen LogP contribution in [0.2, 0.25) is 0 Å². The number of hydrogen-bond acceptors (Lipinski definition) is 7. The summed E-state index contributed by atoms with van der Waals surface area (Å²) in [6, 6.07) is 14.9. The average molecular weight is 432 g/mol. The third-order valence-corrected chi connectivity index (χ3v) is 5.38. The molecule has 8 heteroatoms. The summed E-state index contributed by atoms with van der Waals surface area (Å²) in [6.45, 7) is 4.33. The number of nitrogens with zero attached hydrogens (tertiary/aromatic N) is 3. The Bertz CT molecular complexity index is 1120. The van der Waals surface area contributed by atoms with E-state index in [1.54, 1.807) is 29.3 Å². The highest BCUT2D eigenvalue weighted by Crippen LogP contribution is 2.32. The van der Waals surface area contributed by atoms with Gasteiger partial charge in [-0.2, -0.15) is 0 Å². The van der Waals surface area contributed by atoms with Crippen molar-refractivity contribution < 1.29 is 19.0 Å². The molecule has 0 bridgehead atoms. The molecule has 0 radical (unpaired) electrons. The second kappa shape index (κ2) is 8.84. The molecular weight excluding hydrogens is 408 g/mol. The zero-order chi connectivity index (χ0) is 21.9. The number of morpholine rings is 1. The van der Waals surface area contributed by atoms with Crippen molar-refractivity contribution in [2.75, 3.05) is 38.2 Å². The Morgan fingerprint density at radius 1 is 1.06 bits per heavy atom. The average Bonchev–Trinajstić information content (AvgIpc) is 2.83. The maximum absolute atomic E-state index is 13.2. The molecule has 0 unspecified atom stereocenters. The zero-order valence-electron chi connectivity index (χ0n) is 17.8. The lowest BCUT2D eigenvalue weighted by Gasteiger charge is -2.33. The summed E-state index contributed by atoms with van der Waals surface area (Å²) in [7, 11) is 0. The first-order valence-corrected chi connectivity index (χ1v) is 10.6. The van der Waals surface area contributed by atoms with Crippen LogP contribution in [-0.2, 0) is 4.74 Å². The molecule has 2 aromatic heterocycles. The van der Waals surface area contributed by atoms with Gasteiger partial charge in [0.1, 0.15) is 25.1 Å². The Morgan fingerprint density at radius 3 is 2.78 bits per heavy atom. The van der Waals surface area contributed by atoms with E-state index < -0.39 is 0 Å². The molecule has 0 aliphatic carbocycles. The van der Waals surface area contributed by atoms with E-state index in [9.17, 15) is 4.79 Å². The molecule has 32 heavy (non-hydrogen) atoms. The zero-order valence-corrected chi connectivity index (χ0v) is 17.8. The number of pyridine rings is 2. The summed E-state index contributed by atoms with van der Waals surface area (Å²) in [5, 5.41) is 3.30. The highest BCUT2D eigenvalue weighted by atomic mass is 16.6. The molecule has 0 saturated carbocycles. The van der Waals surface area contributed by atoms with E-state index in [0.717, 1.165) is 22.9 Å². The normalized spacial score (nSPS) is 17.7. The lowest BCUT2D eigenvalue weighted by Crippen LogP contribution is -2.42. The highest BCUT2D eigenvalue weighted by molar-refractivity contribution is 5.95. The van der Waals surface area contributed by atoms with Crippen molar-refractivity contribution in [2.45, 2.75) is 13.0 Å². The number of rotatable bonds is 4. The minimum Gasteiger partial charge on any atom is -0.486 e. The summed E-state index contributed by atoms with van der Waals surface area (Å²) < 4.78 is 17.2. The van der Waals surface area contributed by atoms with Crippen molar-refractivity contribution in [1.82, 2.24) is 14.9 Å². The van der Waals surface area contributed by atoms with Crippen molar-refractivity contribution >= 4 is 17.4 Å². The van der Waals surface area contributed by atoms with E-state index >= 15 is 0 Å². The summed E-state index contributed by atoms with van der Waals surface area (Å²) in [6.07, 6.45) is 1.43. The van der Waals surface area contributed by atoms with Crippen molar-refractivity contribution in [2.24, 2.45) is 0 Å². The number of carbonyl (C=O) groups excluding carboxylic acids is 1. The third kappa shape index (κ3) is 4.36. The van der Waals surface area contributed by atoms with Gasteiger partial charge in [0.05, 0.1) is 18.8 Å². The fraction of sp³-hybridized carbons (Fsp3) is 0.292. The summed E-state index contributed by atoms with van der Waals surface area (Å²) in [5.41, 5.74) is 3.10. The highest BCUT2D eigenvalue weighted by Gasteiger charge is 2.28. The van der Waals surface area contributed by atoms with Crippen LogP contribution in [-0.4, -0.2) is 53.7 Å². The van der Waals surface area contributed by atoms with Crippen molar-refractivity contribution in [3.63, 3.8) is 0 Å². The van der Waals surface area contributed by atoms with Crippen molar-refractivity contribution in [1.29, 1.82) is 0 Å². The number of fused-ring (bicyclic) bond motifs is 1. The Kier molecular flexibility index (Phi) is 5.60. The predicted molar refractivity (Wildman–Crippen MR) is 119 cm³/mol. The molecule has 164 valence electrons. The van der Waals surface area contributed by atoms with Gasteiger partial charge < -0.3 is 24.4 Å². The second-order valence-electron chi connectivity index (χ2n) is 7.73. The molecule has 1 amide bonds. The first kappa shape index (κ1) is 20.3. The van der Waals surface area contributed by atoms with Crippen LogP contribution >= 0.6 is 0 Å². The molecule has 0 spiro atoms. The van der Waals surface area contributed by atoms with Gasteiger partial charge in [-0.15, -0.1) is 0 Å². The van der Waals surface area contributed by atoms with E-state index in [0.29, 0.717) is 50.0 Å². The number of anilines is 2. The van der Waals surface area contributed by atoms with Crippen LogP contribution in [0.1, 0.15) is 27.8 Å². The van der Waals surface area contributed by atoms with E-state index in [4.69, 9.17) is 14.2 Å². The number of aromatic nitrogens is 2. The Labute approximate surface area is 186 Å². The fourth-order valence-corrected chi connectivity index (χ4v) is 3.89. The summed E-state index contributed by atoms with van der Waals surface area (Å²) in [5.74, 6) is 1.97. The lowest BCUT2D eigenvalue weighted by atomic mass is 10.1. The summed E-state index contributed by atoms with van der Waals surface area (Å²) >= 11 is 0. The Morgan fingerprint density at radius 2 is 1.94 bits per heavy atom. The molecular formula is C24H24N4O4. The van der Waals surface area contributed by atoms with Gasteiger partial charge in [0.2, 0.25) is 0 Å². The molecule has 2 aliphatic rings. The van der Waals surface area contributed by atoms with E-state index in [1.807, 2.05) is 37.3 Å². The molecule has 5 rings (SSSR count). The van der Waals surface area contributed by atoms with Crippen molar-refractivity contribution in [3.8, 4) is 11.5 Å². The molecule has 1 atom stereocenters. The second-order valence-corrected chi connectivity index (χ2v) is 7.73. The van der Waals surface area contributed by atoms with Gasteiger partial charge >= 0.3 is 0 Å². The largest absolute Gasteiger partial charge is 0.486 e. The van der Waals surface area contributed by atoms with Gasteiger partial charge in [-0.05, 0) is 49.4 Å². The lowest BCUT2D eigenvalue weighted by molar-refractivity contribution is -0.0247. The van der Waals surface area contributed by atoms with Gasteiger partial charge in [-0.1, -0.05) is 6.07 Å². The van der Waals surface area contributed by atoms with Gasteiger partial charge in [0, 0.05) is 29.7 Å². The number of carbonyl (C=O) groups is 1. The van der Waals surface area contributed by atoms with Crippen LogP contribution < -0.4 is 14.8 Å². The minimum absolute atomic E-state index is 0.0604. The van der Waals surface area contributed by atoms with Gasteiger partial charge in [0.25, 0.3) is 5.91 Å². The molecule has 8 nitrogen and oxygen atoms in total. The van der Waals surface area contributed by atoms with Crippen LogP contribution in [0.5, 0.6) is 11.5 Å². The predicted octanol–water partition coefficient (Wildman–Crippen LogP) is 3.51. The van der Waals surface area contributed by atoms with Crippen molar-refractivity contribution in [3.05, 3.63) is 71.7 Å². The first-order chi connectivity index (χ1) is 15.7. The molecule has 2 aliphatic heterocycles. The number of amides is 1. The van der Waals surface area contributed by atoms with Gasteiger partial charge in [-0.3, -0.25) is 9.78 Å². The van der Waals surface area contributed by atoms with Crippen LogP contribution in [0, 0.1) is 6.92 Å². The molecule has 1 N–H and O–H groups in total. The third-order valence-electron chi connectivity index (χ3n) is 5.38. The van der Waals surface area contributed by atoms with E-state index in [1.165, 1.54) is 0 Å². The van der Waals surface area contributed by atoms with Crippen LogP contribution in [0.15, 0.2) is 54.7 Å². The van der Waals surface area contributed by atoms with Gasteiger partial charge in [0.15, 0.2) is 11.5 Å².